The van der Waals surface area contributed by atoms with E-state index in [9.17, 15) is 9.59 Å². The molecule has 0 aliphatic carbocycles. The summed E-state index contributed by atoms with van der Waals surface area (Å²) in [5.74, 6) is -1.32. The number of nitrogens with one attached hydrogen (secondary N) is 1. The van der Waals surface area contributed by atoms with Gasteiger partial charge in [0, 0.05) is 14.5 Å². The van der Waals surface area contributed by atoms with Gasteiger partial charge >= 0.3 is 0 Å². The molecule has 0 unspecified atom stereocenters. The molecular weight excluding hydrogens is 344 g/mol. The Morgan fingerprint density at radius 3 is 2.44 bits per heavy atom. The Bertz CT molecular complexity index is 540. The van der Waals surface area contributed by atoms with Crippen LogP contribution in [-0.2, 0) is 4.79 Å². The van der Waals surface area contributed by atoms with Crippen molar-refractivity contribution in [3.05, 3.63) is 26.6 Å². The Labute approximate surface area is 107 Å². The molecule has 0 spiro atoms. The zero-order valence-corrected chi connectivity index (χ0v) is 10.8. The fraction of sp³-hybridized carbons (Fsp3) is 0. The average Bonchev–Trinajstić information content (AvgIpc) is 2.22. The van der Waals surface area contributed by atoms with Crippen LogP contribution in [0.5, 0.6) is 0 Å². The first-order chi connectivity index (χ1) is 7.54. The summed E-state index contributed by atoms with van der Waals surface area (Å²) in [6.45, 7) is 0. The van der Waals surface area contributed by atoms with E-state index in [1.54, 1.807) is 12.1 Å². The van der Waals surface area contributed by atoms with E-state index in [1.807, 2.05) is 0 Å². The van der Waals surface area contributed by atoms with E-state index in [0.717, 1.165) is 0 Å². The van der Waals surface area contributed by atoms with Gasteiger partial charge in [-0.25, -0.2) is 0 Å². The van der Waals surface area contributed by atoms with Crippen molar-refractivity contribution in [1.82, 2.24) is 0 Å². The number of fused-ring (bicyclic) bond motifs is 1. The normalized spacial score (nSPS) is 17.2. The van der Waals surface area contributed by atoms with Crippen LogP contribution in [0.3, 0.4) is 0 Å². The number of halogens is 2. The Balaban J connectivity index is 2.65. The van der Waals surface area contributed by atoms with Crippen LogP contribution < -0.4 is 5.32 Å². The summed E-state index contributed by atoms with van der Waals surface area (Å²) in [7, 11) is 0. The number of anilines is 1. The van der Waals surface area contributed by atoms with Crippen molar-refractivity contribution in [3.63, 3.8) is 0 Å². The van der Waals surface area contributed by atoms with Gasteiger partial charge in [0.25, 0.3) is 5.91 Å². The number of nitrogens with zero attached hydrogens (tertiary/aromatic N) is 1. The van der Waals surface area contributed by atoms with E-state index in [1.165, 1.54) is 0 Å². The standard InChI is InChI=1S/C9H4Br2N2O3/c10-4-1-3-6(2-5(4)11)12-9(15)7(13-16)8(3)14/h1-2,16H,(H,12,15). The van der Waals surface area contributed by atoms with Crippen molar-refractivity contribution in [2.24, 2.45) is 5.16 Å². The number of amides is 1. The first kappa shape index (κ1) is 11.3. The number of oxime groups is 1. The molecule has 1 aliphatic heterocycles. The molecule has 0 aromatic heterocycles. The molecular formula is C9H4Br2N2O3. The highest BCUT2D eigenvalue weighted by molar-refractivity contribution is 9.13. The zero-order chi connectivity index (χ0) is 11.9. The Hall–Kier alpha value is -1.21. The Morgan fingerprint density at radius 1 is 1.19 bits per heavy atom. The third kappa shape index (κ3) is 1.65. The summed E-state index contributed by atoms with van der Waals surface area (Å²) in [5, 5.41) is 13.7. The highest BCUT2D eigenvalue weighted by atomic mass is 79.9. The predicted octanol–water partition coefficient (Wildman–Crippen LogP) is 2.18. The maximum absolute atomic E-state index is 11.7. The van der Waals surface area contributed by atoms with Crippen LogP contribution in [-0.4, -0.2) is 22.6 Å². The first-order valence-corrected chi connectivity index (χ1v) is 5.70. The fourth-order valence-electron chi connectivity index (χ4n) is 1.34. The van der Waals surface area contributed by atoms with Crippen LogP contribution in [0.2, 0.25) is 0 Å². The van der Waals surface area contributed by atoms with Crippen LogP contribution in [0.1, 0.15) is 10.4 Å². The summed E-state index contributed by atoms with van der Waals surface area (Å²) in [5.41, 5.74) is 0.154. The fourth-order valence-corrected chi connectivity index (χ4v) is 2.03. The minimum atomic E-state index is -0.714. The molecule has 0 bridgehead atoms. The maximum atomic E-state index is 11.7. The summed E-state index contributed by atoms with van der Waals surface area (Å²) < 4.78 is 1.39. The molecule has 0 atom stereocenters. The van der Waals surface area contributed by atoms with Crippen molar-refractivity contribution in [1.29, 1.82) is 0 Å². The zero-order valence-electron chi connectivity index (χ0n) is 7.62. The molecule has 82 valence electrons. The minimum Gasteiger partial charge on any atom is -0.410 e. The molecule has 0 fully saturated rings. The van der Waals surface area contributed by atoms with Gasteiger partial charge in [0.1, 0.15) is 0 Å². The lowest BCUT2D eigenvalue weighted by Crippen LogP contribution is -2.35. The van der Waals surface area contributed by atoms with Gasteiger partial charge in [0.15, 0.2) is 0 Å². The lowest BCUT2D eigenvalue weighted by molar-refractivity contribution is -0.110. The topological polar surface area (TPSA) is 78.8 Å². The Kier molecular flexibility index (Phi) is 2.81. The molecule has 2 rings (SSSR count). The van der Waals surface area contributed by atoms with Crippen LogP contribution in [0.25, 0.3) is 0 Å². The third-order valence-corrected chi connectivity index (χ3v) is 3.93. The van der Waals surface area contributed by atoms with Crippen LogP contribution in [0.15, 0.2) is 26.2 Å². The van der Waals surface area contributed by atoms with E-state index < -0.39 is 17.4 Å². The van der Waals surface area contributed by atoms with E-state index in [2.05, 4.69) is 42.3 Å². The average molecular weight is 348 g/mol. The van der Waals surface area contributed by atoms with Crippen molar-refractivity contribution in [2.75, 3.05) is 5.32 Å². The molecule has 0 radical (unpaired) electrons. The number of carbonyl (C=O) groups is 2. The molecule has 16 heavy (non-hydrogen) atoms. The van der Waals surface area contributed by atoms with Gasteiger partial charge in [0.2, 0.25) is 11.5 Å². The molecule has 1 aromatic rings. The molecule has 2 N–H and O–H groups in total. The second-order valence-corrected chi connectivity index (χ2v) is 4.75. The number of ketones is 1. The SMILES string of the molecule is O=C1Nc2cc(Br)c(Br)cc2C(=O)C1=NO. The highest BCUT2D eigenvalue weighted by Crippen LogP contribution is 2.32. The molecule has 0 saturated carbocycles. The van der Waals surface area contributed by atoms with Crippen LogP contribution in [0, 0.1) is 0 Å². The minimum absolute atomic E-state index is 0.280. The second kappa shape index (κ2) is 3.99. The number of Topliss-reactive ketones (excluding diaryl/α,β-unsaturated/α-hetero) is 1. The van der Waals surface area contributed by atoms with Crippen molar-refractivity contribution in [3.8, 4) is 0 Å². The van der Waals surface area contributed by atoms with Gasteiger partial charge < -0.3 is 10.5 Å². The van der Waals surface area contributed by atoms with Crippen molar-refractivity contribution in [2.45, 2.75) is 0 Å². The van der Waals surface area contributed by atoms with Crippen LogP contribution in [0.4, 0.5) is 5.69 Å². The lowest BCUT2D eigenvalue weighted by atomic mass is 10.0. The third-order valence-electron chi connectivity index (χ3n) is 2.08. The maximum Gasteiger partial charge on any atom is 0.281 e. The number of hydrogen-bond acceptors (Lipinski definition) is 4. The smallest absolute Gasteiger partial charge is 0.281 e. The lowest BCUT2D eigenvalue weighted by Gasteiger charge is -2.16. The monoisotopic (exact) mass is 346 g/mol. The largest absolute Gasteiger partial charge is 0.410 e. The van der Waals surface area contributed by atoms with Gasteiger partial charge in [-0.1, -0.05) is 5.16 Å². The number of hydrogen-bond donors (Lipinski definition) is 2. The van der Waals surface area contributed by atoms with Gasteiger partial charge in [-0.2, -0.15) is 0 Å². The van der Waals surface area contributed by atoms with Gasteiger partial charge in [0.05, 0.1) is 5.69 Å². The molecule has 5 nitrogen and oxygen atoms in total. The van der Waals surface area contributed by atoms with E-state index >= 15 is 0 Å². The van der Waals surface area contributed by atoms with Gasteiger partial charge in [-0.05, 0) is 44.0 Å². The summed E-state index contributed by atoms with van der Waals surface area (Å²) in [4.78, 5) is 23.1. The molecule has 7 heteroatoms. The highest BCUT2D eigenvalue weighted by Gasteiger charge is 2.31. The number of benzene rings is 1. The van der Waals surface area contributed by atoms with Gasteiger partial charge in [-0.3, -0.25) is 9.59 Å². The molecule has 1 aliphatic rings. The molecule has 1 aromatic carbocycles. The van der Waals surface area contributed by atoms with Crippen molar-refractivity contribution >= 4 is 54.9 Å². The van der Waals surface area contributed by atoms with E-state index in [0.29, 0.717) is 14.6 Å². The first-order valence-electron chi connectivity index (χ1n) is 4.11. The molecule has 0 saturated heterocycles. The quantitative estimate of drug-likeness (QED) is 0.557. The van der Waals surface area contributed by atoms with Crippen LogP contribution >= 0.6 is 31.9 Å². The number of carbonyl (C=O) groups excluding carboxylic acids is 2. The van der Waals surface area contributed by atoms with Crippen molar-refractivity contribution < 1.29 is 14.8 Å². The second-order valence-electron chi connectivity index (χ2n) is 3.04. The summed E-state index contributed by atoms with van der Waals surface area (Å²) in [6, 6.07) is 3.15. The Morgan fingerprint density at radius 2 is 1.81 bits per heavy atom. The van der Waals surface area contributed by atoms with Gasteiger partial charge in [-0.15, -0.1) is 0 Å². The predicted molar refractivity (Wildman–Crippen MR) is 64.0 cm³/mol. The molecule has 1 heterocycles. The van der Waals surface area contributed by atoms with E-state index in [-0.39, 0.29) is 5.56 Å². The summed E-state index contributed by atoms with van der Waals surface area (Å²) >= 11 is 6.50. The summed E-state index contributed by atoms with van der Waals surface area (Å²) in [6.07, 6.45) is 0. The molecule has 1 amide bonds. The number of rotatable bonds is 0. The van der Waals surface area contributed by atoms with E-state index in [4.69, 9.17) is 5.21 Å².